The van der Waals surface area contributed by atoms with E-state index in [4.69, 9.17) is 0 Å². The lowest BCUT2D eigenvalue weighted by atomic mass is 9.91. The zero-order chi connectivity index (χ0) is 31.1. The van der Waals surface area contributed by atoms with Crippen LogP contribution in [0.1, 0.15) is 70.3 Å². The van der Waals surface area contributed by atoms with Gasteiger partial charge in [0.25, 0.3) is 5.69 Å². The van der Waals surface area contributed by atoms with E-state index in [0.29, 0.717) is 18.5 Å². The highest BCUT2D eigenvalue weighted by Gasteiger charge is 2.53. The van der Waals surface area contributed by atoms with Gasteiger partial charge in [0.2, 0.25) is 11.8 Å². The van der Waals surface area contributed by atoms with Crippen LogP contribution in [-0.2, 0) is 16.0 Å². The molecule has 0 radical (unpaired) electrons. The van der Waals surface area contributed by atoms with E-state index in [-0.39, 0.29) is 24.0 Å². The molecule has 10 nitrogen and oxygen atoms in total. The van der Waals surface area contributed by atoms with Gasteiger partial charge in [0.1, 0.15) is 6.04 Å². The Kier molecular flexibility index (Phi) is 10.4. The van der Waals surface area contributed by atoms with Crippen LogP contribution in [0, 0.1) is 16.0 Å². The molecule has 0 spiro atoms. The molecule has 4 atom stereocenters. The zero-order valence-electron chi connectivity index (χ0n) is 25.4. The number of imide groups is 1. The zero-order valence-corrected chi connectivity index (χ0v) is 25.4. The lowest BCUT2D eigenvalue weighted by Gasteiger charge is -2.40. The molecule has 1 aromatic heterocycles. The van der Waals surface area contributed by atoms with Crippen LogP contribution in [0.5, 0.6) is 0 Å². The van der Waals surface area contributed by atoms with Gasteiger partial charge in [0, 0.05) is 41.5 Å². The summed E-state index contributed by atoms with van der Waals surface area (Å²) in [6.07, 6.45) is 15.1. The van der Waals surface area contributed by atoms with Crippen molar-refractivity contribution >= 4 is 34.1 Å². The van der Waals surface area contributed by atoms with Crippen molar-refractivity contribution in [2.24, 2.45) is 5.92 Å². The number of nitro groups is 1. The van der Waals surface area contributed by atoms with Crippen molar-refractivity contribution in [1.29, 1.82) is 0 Å². The minimum absolute atomic E-state index is 0.0474. The Morgan fingerprint density at radius 1 is 0.955 bits per heavy atom. The van der Waals surface area contributed by atoms with Crippen LogP contribution in [0.4, 0.5) is 11.4 Å². The summed E-state index contributed by atoms with van der Waals surface area (Å²) < 4.78 is 0. The van der Waals surface area contributed by atoms with Crippen molar-refractivity contribution in [2.75, 3.05) is 12.0 Å². The van der Waals surface area contributed by atoms with Gasteiger partial charge in [-0.1, -0.05) is 88.6 Å². The summed E-state index contributed by atoms with van der Waals surface area (Å²) in [5, 5.41) is 25.3. The van der Waals surface area contributed by atoms with Gasteiger partial charge in [-0.25, -0.2) is 5.01 Å². The van der Waals surface area contributed by atoms with Gasteiger partial charge in [-0.2, -0.15) is 0 Å². The number of carbonyl (C=O) groups excluding carboxylic acids is 2. The molecule has 44 heavy (non-hydrogen) atoms. The van der Waals surface area contributed by atoms with E-state index in [1.165, 1.54) is 49.1 Å². The maximum Gasteiger partial charge on any atom is 0.269 e. The number of aromatic nitrogens is 1. The number of benzene rings is 2. The number of hydrogen-bond donors (Lipinski definition) is 3. The number of anilines is 1. The van der Waals surface area contributed by atoms with E-state index in [0.717, 1.165) is 35.7 Å². The average molecular weight is 602 g/mol. The van der Waals surface area contributed by atoms with Crippen LogP contribution in [0.3, 0.4) is 0 Å². The number of aliphatic hydroxyl groups is 1. The van der Waals surface area contributed by atoms with Crippen molar-refractivity contribution in [1.82, 2.24) is 14.9 Å². The first-order chi connectivity index (χ1) is 21.4. The summed E-state index contributed by atoms with van der Waals surface area (Å²) in [5.74, 6) is -1.27. The predicted molar refractivity (Wildman–Crippen MR) is 171 cm³/mol. The number of aromatic amines is 1. The van der Waals surface area contributed by atoms with Gasteiger partial charge in [-0.05, 0) is 36.6 Å². The molecule has 3 heterocycles. The van der Waals surface area contributed by atoms with E-state index < -0.39 is 29.0 Å². The van der Waals surface area contributed by atoms with Gasteiger partial charge in [-0.3, -0.25) is 24.6 Å². The second kappa shape index (κ2) is 14.6. The standard InChI is InChI=1S/C34H43N5O5/c1-2-3-4-5-6-7-8-9-14-31(40)30-20-19-28-32(38(30)36-25-15-17-26(18-16-25)39(43)44)34(42)37(33(28)41)22-21-24-23-35-29-13-11-10-12-27(24)29/h10-13,15-20,23,28,30-32,35-36,40H,2-9,14,21-22H2,1H3/t28?,30?,31-,32-/m0/s1. The van der Waals surface area contributed by atoms with Gasteiger partial charge in [-0.15, -0.1) is 0 Å². The molecule has 2 aromatic carbocycles. The molecule has 10 heteroatoms. The van der Waals surface area contributed by atoms with Crippen molar-refractivity contribution in [3.63, 3.8) is 0 Å². The molecule has 0 bridgehead atoms. The molecule has 3 N–H and O–H groups in total. The van der Waals surface area contributed by atoms with Crippen LogP contribution in [0.2, 0.25) is 0 Å². The Morgan fingerprint density at radius 3 is 2.39 bits per heavy atom. The topological polar surface area (TPSA) is 132 Å². The number of nitrogens with zero attached hydrogens (tertiary/aromatic N) is 3. The number of nitro benzene ring substituents is 1. The highest BCUT2D eigenvalue weighted by atomic mass is 16.6. The SMILES string of the molecule is CCCCCCCCCC[C@H](O)C1C=CC2C(=O)N(CCc3c[nH]c4ccccc34)C(=O)[C@H]2N1Nc1ccc([N+](=O)[O-])cc1. The predicted octanol–water partition coefficient (Wildman–Crippen LogP) is 6.13. The monoisotopic (exact) mass is 601 g/mol. The highest BCUT2D eigenvalue weighted by molar-refractivity contribution is 6.08. The number of hydrogen-bond acceptors (Lipinski definition) is 7. The summed E-state index contributed by atoms with van der Waals surface area (Å²) in [4.78, 5) is 42.8. The fourth-order valence-corrected chi connectivity index (χ4v) is 6.44. The average Bonchev–Trinajstić information content (AvgIpc) is 3.55. The second-order valence-electron chi connectivity index (χ2n) is 11.9. The molecule has 0 saturated carbocycles. The fraction of sp³-hybridized carbons (Fsp3) is 0.471. The number of aliphatic hydroxyl groups excluding tert-OH is 1. The summed E-state index contributed by atoms with van der Waals surface area (Å²) in [6.45, 7) is 2.46. The number of carbonyl (C=O) groups is 2. The number of fused-ring (bicyclic) bond motifs is 2. The molecule has 2 unspecified atom stereocenters. The van der Waals surface area contributed by atoms with Crippen LogP contribution in [-0.4, -0.2) is 61.5 Å². The molecule has 5 rings (SSSR count). The van der Waals surface area contributed by atoms with E-state index >= 15 is 0 Å². The Hall–Kier alpha value is -4.02. The molecule has 1 fully saturated rings. The summed E-state index contributed by atoms with van der Waals surface area (Å²) in [6, 6.07) is 12.5. The smallest absolute Gasteiger partial charge is 0.269 e. The molecule has 3 aromatic rings. The second-order valence-corrected chi connectivity index (χ2v) is 11.9. The quantitative estimate of drug-likeness (QED) is 0.0592. The molecular formula is C34H43N5O5. The van der Waals surface area contributed by atoms with E-state index in [1.54, 1.807) is 23.2 Å². The first-order valence-electron chi connectivity index (χ1n) is 15.9. The van der Waals surface area contributed by atoms with Crippen LogP contribution >= 0.6 is 0 Å². The van der Waals surface area contributed by atoms with Crippen molar-refractivity contribution < 1.29 is 19.6 Å². The summed E-state index contributed by atoms with van der Waals surface area (Å²) >= 11 is 0. The van der Waals surface area contributed by atoms with E-state index in [9.17, 15) is 24.8 Å². The first kappa shape index (κ1) is 31.4. The molecule has 1 saturated heterocycles. The maximum atomic E-state index is 13.9. The number of para-hydroxylation sites is 1. The van der Waals surface area contributed by atoms with Crippen molar-refractivity contribution in [2.45, 2.75) is 89.3 Å². The number of hydrazine groups is 1. The van der Waals surface area contributed by atoms with Crippen molar-refractivity contribution in [3.8, 4) is 0 Å². The van der Waals surface area contributed by atoms with E-state index in [2.05, 4.69) is 17.3 Å². The van der Waals surface area contributed by atoms with E-state index in [1.807, 2.05) is 36.5 Å². The molecular weight excluding hydrogens is 558 g/mol. The lowest BCUT2D eigenvalue weighted by molar-refractivity contribution is -0.384. The molecule has 234 valence electrons. The Morgan fingerprint density at radius 2 is 1.66 bits per heavy atom. The fourth-order valence-electron chi connectivity index (χ4n) is 6.44. The summed E-state index contributed by atoms with van der Waals surface area (Å²) in [5.41, 5.74) is 5.76. The molecule has 2 amide bonds. The number of H-pyrrole nitrogens is 1. The maximum absolute atomic E-state index is 13.9. The minimum Gasteiger partial charge on any atom is -0.391 e. The number of rotatable bonds is 16. The largest absolute Gasteiger partial charge is 0.391 e. The number of amides is 2. The summed E-state index contributed by atoms with van der Waals surface area (Å²) in [7, 11) is 0. The number of nitrogens with one attached hydrogen (secondary N) is 2. The van der Waals surface area contributed by atoms with Crippen LogP contribution in [0.15, 0.2) is 66.9 Å². The third-order valence-electron chi connectivity index (χ3n) is 8.91. The third kappa shape index (κ3) is 7.03. The Bertz CT molecular complexity index is 1470. The van der Waals surface area contributed by atoms with Gasteiger partial charge in [0.05, 0.1) is 23.0 Å². The number of non-ortho nitro benzene ring substituents is 1. The molecule has 2 aliphatic rings. The number of unbranched alkanes of at least 4 members (excludes halogenated alkanes) is 7. The highest BCUT2D eigenvalue weighted by Crippen LogP contribution is 2.34. The lowest BCUT2D eigenvalue weighted by Crippen LogP contribution is -2.57. The van der Waals surface area contributed by atoms with Gasteiger partial charge < -0.3 is 15.5 Å². The van der Waals surface area contributed by atoms with Crippen LogP contribution in [0.25, 0.3) is 10.9 Å². The normalized spacial score (nSPS) is 20.8. The number of likely N-dealkylation sites (tertiary alicyclic amines) is 1. The van der Waals surface area contributed by atoms with Crippen LogP contribution < -0.4 is 5.43 Å². The Balaban J connectivity index is 1.29. The van der Waals surface area contributed by atoms with Crippen molar-refractivity contribution in [3.05, 3.63) is 82.6 Å². The Labute approximate surface area is 258 Å². The molecule has 2 aliphatic heterocycles. The molecule has 0 aliphatic carbocycles. The van der Waals surface area contributed by atoms with Gasteiger partial charge in [0.15, 0.2) is 0 Å². The van der Waals surface area contributed by atoms with Gasteiger partial charge >= 0.3 is 0 Å². The third-order valence-corrected chi connectivity index (χ3v) is 8.91. The minimum atomic E-state index is -0.844. The first-order valence-corrected chi connectivity index (χ1v) is 15.9.